The zero-order chi connectivity index (χ0) is 18.8. The van der Waals surface area contributed by atoms with E-state index in [1.165, 1.54) is 24.3 Å². The standard InChI is InChI=1S/C20H20ClFN2O3/c21-17-11-14(12-18-19(17)27-10-9-26-18)13-23-5-7-24(8-6-23)20(25)15-1-3-16(22)4-2-15/h1-4,11-12H,5-10,13H2. The van der Waals surface area contributed by atoms with Crippen LogP contribution in [0.5, 0.6) is 11.5 Å². The molecule has 5 nitrogen and oxygen atoms in total. The summed E-state index contributed by atoms with van der Waals surface area (Å²) in [5.74, 6) is 0.904. The van der Waals surface area contributed by atoms with Crippen LogP contribution in [0.3, 0.4) is 0 Å². The molecule has 1 saturated heterocycles. The number of ether oxygens (including phenoxy) is 2. The third-order valence-electron chi connectivity index (χ3n) is 4.81. The van der Waals surface area contributed by atoms with Crippen LogP contribution in [0.15, 0.2) is 36.4 Å². The van der Waals surface area contributed by atoms with Crippen LogP contribution in [0.25, 0.3) is 0 Å². The maximum atomic E-state index is 13.0. The van der Waals surface area contributed by atoms with Gasteiger partial charge in [0, 0.05) is 38.3 Å². The molecule has 0 atom stereocenters. The molecule has 0 unspecified atom stereocenters. The Morgan fingerprint density at radius 1 is 1.04 bits per heavy atom. The molecule has 1 amide bonds. The zero-order valence-corrected chi connectivity index (χ0v) is 15.5. The Balaban J connectivity index is 1.36. The first-order chi connectivity index (χ1) is 13.1. The van der Waals surface area contributed by atoms with Gasteiger partial charge in [-0.3, -0.25) is 9.69 Å². The molecule has 2 aromatic carbocycles. The zero-order valence-electron chi connectivity index (χ0n) is 14.8. The second-order valence-electron chi connectivity index (χ2n) is 6.68. The van der Waals surface area contributed by atoms with E-state index in [0.717, 1.165) is 25.2 Å². The molecular formula is C20H20ClFN2O3. The summed E-state index contributed by atoms with van der Waals surface area (Å²) in [7, 11) is 0. The molecule has 0 spiro atoms. The summed E-state index contributed by atoms with van der Waals surface area (Å²) in [6, 6.07) is 9.56. The second kappa shape index (κ2) is 7.74. The van der Waals surface area contributed by atoms with E-state index in [1.54, 1.807) is 4.90 Å². The highest BCUT2D eigenvalue weighted by molar-refractivity contribution is 6.32. The lowest BCUT2D eigenvalue weighted by Gasteiger charge is -2.35. The number of amides is 1. The highest BCUT2D eigenvalue weighted by Gasteiger charge is 2.23. The SMILES string of the molecule is O=C(c1ccc(F)cc1)N1CCN(Cc2cc(Cl)c3c(c2)OCCO3)CC1. The lowest BCUT2D eigenvalue weighted by molar-refractivity contribution is 0.0628. The van der Waals surface area contributed by atoms with Gasteiger partial charge in [-0.2, -0.15) is 0 Å². The molecule has 1 fully saturated rings. The Hall–Kier alpha value is -2.31. The predicted molar refractivity (Wildman–Crippen MR) is 100 cm³/mol. The van der Waals surface area contributed by atoms with Crippen molar-refractivity contribution in [3.63, 3.8) is 0 Å². The fourth-order valence-electron chi connectivity index (χ4n) is 3.40. The molecule has 2 aliphatic rings. The van der Waals surface area contributed by atoms with E-state index < -0.39 is 0 Å². The molecule has 0 saturated carbocycles. The number of piperazine rings is 1. The van der Waals surface area contributed by atoms with Gasteiger partial charge in [0.05, 0.1) is 5.02 Å². The Labute approximate surface area is 162 Å². The van der Waals surface area contributed by atoms with Crippen molar-refractivity contribution in [3.05, 3.63) is 58.4 Å². The van der Waals surface area contributed by atoms with Crippen molar-refractivity contribution in [2.75, 3.05) is 39.4 Å². The van der Waals surface area contributed by atoms with E-state index in [4.69, 9.17) is 21.1 Å². The molecule has 0 radical (unpaired) electrons. The van der Waals surface area contributed by atoms with E-state index >= 15 is 0 Å². The number of carbonyl (C=O) groups excluding carboxylic acids is 1. The van der Waals surface area contributed by atoms with Crippen molar-refractivity contribution in [3.8, 4) is 11.5 Å². The van der Waals surface area contributed by atoms with Crippen molar-refractivity contribution >= 4 is 17.5 Å². The quantitative estimate of drug-likeness (QED) is 0.807. The van der Waals surface area contributed by atoms with E-state index in [-0.39, 0.29) is 11.7 Å². The normalized spacial score (nSPS) is 17.0. The lowest BCUT2D eigenvalue weighted by atomic mass is 10.1. The van der Waals surface area contributed by atoms with Crippen LogP contribution in [0.2, 0.25) is 5.02 Å². The lowest BCUT2D eigenvalue weighted by Crippen LogP contribution is -2.48. The number of nitrogens with zero attached hydrogens (tertiary/aromatic N) is 2. The smallest absolute Gasteiger partial charge is 0.253 e. The first-order valence-corrected chi connectivity index (χ1v) is 9.33. The van der Waals surface area contributed by atoms with Crippen LogP contribution in [0, 0.1) is 5.82 Å². The van der Waals surface area contributed by atoms with Crippen molar-refractivity contribution in [2.45, 2.75) is 6.54 Å². The third-order valence-corrected chi connectivity index (χ3v) is 5.09. The van der Waals surface area contributed by atoms with E-state index in [1.807, 2.05) is 12.1 Å². The van der Waals surface area contributed by atoms with Gasteiger partial charge < -0.3 is 14.4 Å². The van der Waals surface area contributed by atoms with Crippen LogP contribution in [-0.4, -0.2) is 55.1 Å². The van der Waals surface area contributed by atoms with Gasteiger partial charge in [0.1, 0.15) is 19.0 Å². The van der Waals surface area contributed by atoms with Gasteiger partial charge in [0.2, 0.25) is 0 Å². The predicted octanol–water partition coefficient (Wildman–Crippen LogP) is 3.21. The number of carbonyl (C=O) groups is 1. The molecule has 0 aliphatic carbocycles. The summed E-state index contributed by atoms with van der Waals surface area (Å²) in [4.78, 5) is 16.6. The van der Waals surface area contributed by atoms with Gasteiger partial charge in [-0.25, -0.2) is 4.39 Å². The topological polar surface area (TPSA) is 42.0 Å². The number of hydrogen-bond donors (Lipinski definition) is 0. The number of fused-ring (bicyclic) bond motifs is 1. The van der Waals surface area contributed by atoms with Crippen LogP contribution in [0.1, 0.15) is 15.9 Å². The fraction of sp³-hybridized carbons (Fsp3) is 0.350. The molecule has 4 rings (SSSR count). The summed E-state index contributed by atoms with van der Waals surface area (Å²) in [6.45, 7) is 4.56. The van der Waals surface area contributed by atoms with Crippen LogP contribution in [-0.2, 0) is 6.54 Å². The van der Waals surface area contributed by atoms with Gasteiger partial charge in [-0.05, 0) is 42.0 Å². The molecule has 2 aromatic rings. The molecule has 27 heavy (non-hydrogen) atoms. The summed E-state index contributed by atoms with van der Waals surface area (Å²) >= 11 is 6.31. The summed E-state index contributed by atoms with van der Waals surface area (Å²) in [5, 5.41) is 0.562. The average molecular weight is 391 g/mol. The average Bonchev–Trinajstić information content (AvgIpc) is 2.69. The number of benzene rings is 2. The van der Waals surface area contributed by atoms with E-state index in [2.05, 4.69) is 4.90 Å². The van der Waals surface area contributed by atoms with E-state index in [9.17, 15) is 9.18 Å². The van der Waals surface area contributed by atoms with Gasteiger partial charge >= 0.3 is 0 Å². The maximum absolute atomic E-state index is 13.0. The molecule has 7 heteroatoms. The van der Waals surface area contributed by atoms with E-state index in [0.29, 0.717) is 48.4 Å². The van der Waals surface area contributed by atoms with Crippen molar-refractivity contribution in [2.24, 2.45) is 0 Å². The molecule has 142 valence electrons. The van der Waals surface area contributed by atoms with Gasteiger partial charge in [0.25, 0.3) is 5.91 Å². The molecule has 2 aliphatic heterocycles. The summed E-state index contributed by atoms with van der Waals surface area (Å²) in [6.07, 6.45) is 0. The Bertz CT molecular complexity index is 836. The maximum Gasteiger partial charge on any atom is 0.253 e. The Morgan fingerprint density at radius 3 is 2.48 bits per heavy atom. The summed E-state index contributed by atoms with van der Waals surface area (Å²) < 4.78 is 24.2. The molecule has 0 N–H and O–H groups in total. The fourth-order valence-corrected chi connectivity index (χ4v) is 3.69. The molecule has 0 bridgehead atoms. The van der Waals surface area contributed by atoms with Crippen LogP contribution >= 0.6 is 11.6 Å². The van der Waals surface area contributed by atoms with Gasteiger partial charge in [-0.15, -0.1) is 0 Å². The highest BCUT2D eigenvalue weighted by atomic mass is 35.5. The molecule has 2 heterocycles. The Morgan fingerprint density at radius 2 is 1.74 bits per heavy atom. The van der Waals surface area contributed by atoms with Crippen LogP contribution < -0.4 is 9.47 Å². The van der Waals surface area contributed by atoms with Gasteiger partial charge in [-0.1, -0.05) is 11.6 Å². The Kier molecular flexibility index (Phi) is 5.18. The van der Waals surface area contributed by atoms with Crippen molar-refractivity contribution in [1.82, 2.24) is 9.80 Å². The monoisotopic (exact) mass is 390 g/mol. The first-order valence-electron chi connectivity index (χ1n) is 8.95. The minimum absolute atomic E-state index is 0.0583. The molecular weight excluding hydrogens is 371 g/mol. The highest BCUT2D eigenvalue weighted by Crippen LogP contribution is 2.38. The first kappa shape index (κ1) is 18.1. The number of halogens is 2. The third kappa shape index (κ3) is 4.01. The second-order valence-corrected chi connectivity index (χ2v) is 7.08. The molecule has 0 aromatic heterocycles. The largest absolute Gasteiger partial charge is 0.486 e. The van der Waals surface area contributed by atoms with Crippen molar-refractivity contribution < 1.29 is 18.7 Å². The van der Waals surface area contributed by atoms with Crippen molar-refractivity contribution in [1.29, 1.82) is 0 Å². The van der Waals surface area contributed by atoms with Crippen LogP contribution in [0.4, 0.5) is 4.39 Å². The van der Waals surface area contributed by atoms with Gasteiger partial charge in [0.15, 0.2) is 11.5 Å². The minimum Gasteiger partial charge on any atom is -0.486 e. The number of hydrogen-bond acceptors (Lipinski definition) is 4. The summed E-state index contributed by atoms with van der Waals surface area (Å²) in [5.41, 5.74) is 1.58. The minimum atomic E-state index is -0.338. The number of rotatable bonds is 3.